The second-order valence-corrected chi connectivity index (χ2v) is 5.26. The number of benzene rings is 1. The molecule has 1 saturated heterocycles. The van der Waals surface area contributed by atoms with E-state index in [0.717, 1.165) is 0 Å². The van der Waals surface area contributed by atoms with E-state index < -0.39 is 17.2 Å². The van der Waals surface area contributed by atoms with Crippen molar-refractivity contribution < 1.29 is 23.8 Å². The van der Waals surface area contributed by atoms with E-state index in [9.17, 15) is 14.0 Å². The predicted molar refractivity (Wildman–Crippen MR) is 69.0 cm³/mol. The number of ether oxygens (including phenoxy) is 1. The van der Waals surface area contributed by atoms with Crippen molar-refractivity contribution in [1.29, 1.82) is 0 Å². The second-order valence-electron chi connectivity index (χ2n) is 5.26. The molecule has 1 fully saturated rings. The van der Waals surface area contributed by atoms with Crippen LogP contribution >= 0.6 is 0 Å². The van der Waals surface area contributed by atoms with E-state index in [0.29, 0.717) is 5.56 Å². The van der Waals surface area contributed by atoms with Gasteiger partial charge in [0.15, 0.2) is 11.6 Å². The lowest BCUT2D eigenvalue weighted by atomic mass is 9.82. The van der Waals surface area contributed by atoms with Gasteiger partial charge in [-0.1, -0.05) is 6.07 Å². The van der Waals surface area contributed by atoms with Gasteiger partial charge < -0.3 is 14.7 Å². The molecule has 1 aromatic carbocycles. The number of likely N-dealkylation sites (tertiary alicyclic amines) is 1. The highest BCUT2D eigenvalue weighted by atomic mass is 19.1. The minimum atomic E-state index is -0.906. The molecule has 6 heteroatoms. The van der Waals surface area contributed by atoms with Crippen molar-refractivity contribution in [3.05, 3.63) is 29.6 Å². The highest BCUT2D eigenvalue weighted by molar-refractivity contribution is 5.84. The molecule has 1 N–H and O–H groups in total. The first-order valence-electron chi connectivity index (χ1n) is 6.19. The Morgan fingerprint density at radius 3 is 2.60 bits per heavy atom. The van der Waals surface area contributed by atoms with Crippen LogP contribution in [0.5, 0.6) is 5.75 Å². The first-order valence-corrected chi connectivity index (χ1v) is 6.19. The highest BCUT2D eigenvalue weighted by Gasteiger charge is 2.47. The van der Waals surface area contributed by atoms with Gasteiger partial charge in [-0.25, -0.2) is 4.39 Å². The fourth-order valence-corrected chi connectivity index (χ4v) is 2.21. The molecule has 0 unspecified atom stereocenters. The standard InChI is InChI=1S/C14H16FNO4/c1-14(13(18)19)7-16(8-14)12(17)6-9-3-4-11(20-2)10(15)5-9/h3-5H,6-8H2,1-2H3,(H,18,19). The van der Waals surface area contributed by atoms with E-state index in [4.69, 9.17) is 9.84 Å². The highest BCUT2D eigenvalue weighted by Crippen LogP contribution is 2.30. The zero-order valence-corrected chi connectivity index (χ0v) is 11.4. The Morgan fingerprint density at radius 1 is 1.45 bits per heavy atom. The lowest BCUT2D eigenvalue weighted by Crippen LogP contribution is -2.60. The third-order valence-corrected chi connectivity index (χ3v) is 3.52. The molecule has 1 heterocycles. The minimum Gasteiger partial charge on any atom is -0.494 e. The number of aliphatic carboxylic acids is 1. The molecule has 0 aliphatic carbocycles. The molecule has 0 bridgehead atoms. The Bertz CT molecular complexity index is 552. The van der Waals surface area contributed by atoms with Gasteiger partial charge in [0, 0.05) is 13.1 Å². The molecule has 1 aliphatic rings. The smallest absolute Gasteiger partial charge is 0.312 e. The normalized spacial score (nSPS) is 16.4. The van der Waals surface area contributed by atoms with Gasteiger partial charge in [-0.05, 0) is 24.6 Å². The molecule has 0 radical (unpaired) electrons. The quantitative estimate of drug-likeness (QED) is 0.903. The number of halogens is 1. The Hall–Kier alpha value is -2.11. The number of carbonyl (C=O) groups excluding carboxylic acids is 1. The maximum atomic E-state index is 13.5. The zero-order chi connectivity index (χ0) is 14.9. The molecule has 0 spiro atoms. The molecule has 1 aliphatic heterocycles. The molecule has 1 amide bonds. The molecule has 1 aromatic rings. The maximum Gasteiger partial charge on any atom is 0.312 e. The fraction of sp³-hybridized carbons (Fsp3) is 0.429. The molecule has 0 saturated carbocycles. The van der Waals surface area contributed by atoms with Gasteiger partial charge in [0.1, 0.15) is 0 Å². The van der Waals surface area contributed by atoms with Gasteiger partial charge in [0.2, 0.25) is 5.91 Å². The average Bonchev–Trinajstić information content (AvgIpc) is 2.34. The van der Waals surface area contributed by atoms with Crippen LogP contribution in [0.15, 0.2) is 18.2 Å². The van der Waals surface area contributed by atoms with Gasteiger partial charge >= 0.3 is 5.97 Å². The molecule has 0 aromatic heterocycles. The van der Waals surface area contributed by atoms with Gasteiger partial charge in [0.05, 0.1) is 18.9 Å². The molecule has 0 atom stereocenters. The number of carboxylic acid groups (broad SMARTS) is 1. The summed E-state index contributed by atoms with van der Waals surface area (Å²) in [6, 6.07) is 4.35. The first kappa shape index (κ1) is 14.3. The third kappa shape index (κ3) is 2.59. The number of hydrogen-bond acceptors (Lipinski definition) is 3. The van der Waals surface area contributed by atoms with Crippen LogP contribution in [-0.2, 0) is 16.0 Å². The van der Waals surface area contributed by atoms with Crippen LogP contribution in [0.1, 0.15) is 12.5 Å². The minimum absolute atomic E-state index is 0.0522. The summed E-state index contributed by atoms with van der Waals surface area (Å²) < 4.78 is 18.3. The lowest BCUT2D eigenvalue weighted by Gasteiger charge is -2.44. The van der Waals surface area contributed by atoms with Crippen molar-refractivity contribution >= 4 is 11.9 Å². The van der Waals surface area contributed by atoms with Crippen molar-refractivity contribution in [1.82, 2.24) is 4.90 Å². The van der Waals surface area contributed by atoms with E-state index in [-0.39, 0.29) is 31.2 Å². The Labute approximate surface area is 116 Å². The zero-order valence-electron chi connectivity index (χ0n) is 11.4. The average molecular weight is 281 g/mol. The number of hydrogen-bond donors (Lipinski definition) is 1. The van der Waals surface area contributed by atoms with Crippen molar-refractivity contribution in [3.8, 4) is 5.75 Å². The van der Waals surface area contributed by atoms with Crippen LogP contribution in [0.25, 0.3) is 0 Å². The summed E-state index contributed by atoms with van der Waals surface area (Å²) in [5, 5.41) is 8.97. The molecule has 5 nitrogen and oxygen atoms in total. The summed E-state index contributed by atoms with van der Waals surface area (Å²) >= 11 is 0. The molecular formula is C14H16FNO4. The van der Waals surface area contributed by atoms with Crippen LogP contribution in [0, 0.1) is 11.2 Å². The van der Waals surface area contributed by atoms with E-state index in [1.165, 1.54) is 24.1 Å². The van der Waals surface area contributed by atoms with Crippen LogP contribution in [0.3, 0.4) is 0 Å². The Balaban J connectivity index is 1.97. The SMILES string of the molecule is COc1ccc(CC(=O)N2CC(C)(C(=O)O)C2)cc1F. The van der Waals surface area contributed by atoms with Gasteiger partial charge in [-0.2, -0.15) is 0 Å². The first-order chi connectivity index (χ1) is 9.35. The van der Waals surface area contributed by atoms with Crippen molar-refractivity contribution in [2.75, 3.05) is 20.2 Å². The van der Waals surface area contributed by atoms with E-state index >= 15 is 0 Å². The maximum absolute atomic E-state index is 13.5. The summed E-state index contributed by atoms with van der Waals surface area (Å²) in [6.07, 6.45) is 0.0522. The predicted octanol–water partition coefficient (Wildman–Crippen LogP) is 1.31. The number of methoxy groups -OCH3 is 1. The van der Waals surface area contributed by atoms with Crippen LogP contribution in [-0.4, -0.2) is 42.1 Å². The summed E-state index contributed by atoms with van der Waals surface area (Å²) in [5.74, 6) is -1.49. The van der Waals surface area contributed by atoms with Gasteiger partial charge in [-0.15, -0.1) is 0 Å². The number of carboxylic acids is 1. The van der Waals surface area contributed by atoms with E-state index in [1.54, 1.807) is 13.0 Å². The van der Waals surface area contributed by atoms with E-state index in [2.05, 4.69) is 0 Å². The Kier molecular flexibility index (Phi) is 3.65. The number of rotatable bonds is 4. The largest absolute Gasteiger partial charge is 0.494 e. The summed E-state index contributed by atoms with van der Waals surface area (Å²) in [5.41, 5.74) is -0.321. The molecule has 108 valence electrons. The summed E-state index contributed by atoms with van der Waals surface area (Å²) in [4.78, 5) is 24.4. The molecule has 20 heavy (non-hydrogen) atoms. The van der Waals surface area contributed by atoms with Crippen LogP contribution in [0.4, 0.5) is 4.39 Å². The monoisotopic (exact) mass is 281 g/mol. The van der Waals surface area contributed by atoms with Crippen molar-refractivity contribution in [2.45, 2.75) is 13.3 Å². The topological polar surface area (TPSA) is 66.8 Å². The summed E-state index contributed by atoms with van der Waals surface area (Å²) in [7, 11) is 1.37. The number of amides is 1. The second kappa shape index (κ2) is 5.11. The number of nitrogens with zero attached hydrogens (tertiary/aromatic N) is 1. The summed E-state index contributed by atoms with van der Waals surface area (Å²) in [6.45, 7) is 1.99. The van der Waals surface area contributed by atoms with Gasteiger partial charge in [-0.3, -0.25) is 9.59 Å². The third-order valence-electron chi connectivity index (χ3n) is 3.52. The molecule has 2 rings (SSSR count). The Morgan fingerprint density at radius 2 is 2.10 bits per heavy atom. The number of carbonyl (C=O) groups is 2. The van der Waals surface area contributed by atoms with Crippen LogP contribution < -0.4 is 4.74 Å². The lowest BCUT2D eigenvalue weighted by molar-refractivity contribution is -0.163. The van der Waals surface area contributed by atoms with Crippen molar-refractivity contribution in [2.24, 2.45) is 5.41 Å². The fourth-order valence-electron chi connectivity index (χ4n) is 2.21. The van der Waals surface area contributed by atoms with Crippen LogP contribution in [0.2, 0.25) is 0 Å². The molecular weight excluding hydrogens is 265 g/mol. The van der Waals surface area contributed by atoms with Gasteiger partial charge in [0.25, 0.3) is 0 Å². The van der Waals surface area contributed by atoms with Crippen molar-refractivity contribution in [3.63, 3.8) is 0 Å². The van der Waals surface area contributed by atoms with E-state index in [1.807, 2.05) is 0 Å².